The molecule has 2 aliphatic rings. The van der Waals surface area contributed by atoms with E-state index in [0.29, 0.717) is 0 Å². The third-order valence-electron chi connectivity index (χ3n) is 4.72. The number of nitrogens with one attached hydrogen (secondary N) is 2. The Labute approximate surface area is 145 Å². The first kappa shape index (κ1) is 14.0. The van der Waals surface area contributed by atoms with Gasteiger partial charge in [0.2, 0.25) is 5.66 Å². The summed E-state index contributed by atoms with van der Waals surface area (Å²) in [4.78, 5) is 17.9. The first-order valence-corrected chi connectivity index (χ1v) is 8.22. The molecule has 120 valence electrons. The molecule has 1 amide bonds. The van der Waals surface area contributed by atoms with Gasteiger partial charge in [-0.3, -0.25) is 4.79 Å². The maximum atomic E-state index is 12.9. The minimum atomic E-state index is -1.13. The van der Waals surface area contributed by atoms with E-state index in [0.717, 1.165) is 33.8 Å². The Kier molecular flexibility index (Phi) is 2.82. The number of anilines is 2. The zero-order valence-electron chi connectivity index (χ0n) is 13.4. The summed E-state index contributed by atoms with van der Waals surface area (Å²) >= 11 is 0. The van der Waals surface area contributed by atoms with Crippen LogP contribution in [-0.2, 0) is 10.5 Å². The third kappa shape index (κ3) is 1.94. The number of carbonyl (C=O) groups excluding carboxylic acids is 1. The predicted octanol–water partition coefficient (Wildman–Crippen LogP) is 3.75. The molecule has 1 spiro atoms. The smallest absolute Gasteiger partial charge is 0.277 e. The summed E-state index contributed by atoms with van der Waals surface area (Å²) in [6.45, 7) is 0. The van der Waals surface area contributed by atoms with Crippen LogP contribution in [0.15, 0.2) is 83.9 Å². The summed E-state index contributed by atoms with van der Waals surface area (Å²) in [5.41, 5.74) is 4.24. The molecule has 4 nitrogen and oxygen atoms in total. The van der Waals surface area contributed by atoms with Crippen molar-refractivity contribution in [3.8, 4) is 0 Å². The quantitative estimate of drug-likeness (QED) is 0.716. The lowest BCUT2D eigenvalue weighted by atomic mass is 9.92. The van der Waals surface area contributed by atoms with E-state index in [1.54, 1.807) is 0 Å². The van der Waals surface area contributed by atoms with E-state index in [9.17, 15) is 4.79 Å². The Balaban J connectivity index is 1.80. The van der Waals surface area contributed by atoms with E-state index in [-0.39, 0.29) is 5.91 Å². The van der Waals surface area contributed by atoms with Gasteiger partial charge in [-0.1, -0.05) is 66.7 Å². The Morgan fingerprint density at radius 3 is 2.28 bits per heavy atom. The van der Waals surface area contributed by atoms with Gasteiger partial charge in [0.15, 0.2) is 0 Å². The molecule has 5 rings (SSSR count). The van der Waals surface area contributed by atoms with Crippen molar-refractivity contribution in [3.05, 3.63) is 95.6 Å². The van der Waals surface area contributed by atoms with E-state index >= 15 is 0 Å². The molecule has 0 saturated heterocycles. The first-order valence-electron chi connectivity index (χ1n) is 8.22. The summed E-state index contributed by atoms with van der Waals surface area (Å²) in [6, 6.07) is 25.6. The minimum Gasteiger partial charge on any atom is -0.349 e. The number of fused-ring (bicyclic) bond motifs is 3. The topological polar surface area (TPSA) is 53.5 Å². The third-order valence-corrected chi connectivity index (χ3v) is 4.72. The van der Waals surface area contributed by atoms with Crippen molar-refractivity contribution < 1.29 is 4.79 Å². The van der Waals surface area contributed by atoms with Crippen LogP contribution >= 0.6 is 0 Å². The number of hydrogen-bond acceptors (Lipinski definition) is 3. The van der Waals surface area contributed by atoms with Gasteiger partial charge in [-0.25, -0.2) is 4.99 Å². The largest absolute Gasteiger partial charge is 0.349 e. The van der Waals surface area contributed by atoms with Gasteiger partial charge in [-0.15, -0.1) is 0 Å². The van der Waals surface area contributed by atoms with Crippen LogP contribution in [0.1, 0.15) is 16.7 Å². The summed E-state index contributed by atoms with van der Waals surface area (Å²) < 4.78 is 0. The first-order chi connectivity index (χ1) is 12.3. The van der Waals surface area contributed by atoms with Crippen LogP contribution in [0.5, 0.6) is 0 Å². The molecule has 0 fully saturated rings. The lowest BCUT2D eigenvalue weighted by Crippen LogP contribution is -2.44. The van der Waals surface area contributed by atoms with Gasteiger partial charge in [0, 0.05) is 28.1 Å². The van der Waals surface area contributed by atoms with Crippen LogP contribution in [0.25, 0.3) is 0 Å². The van der Waals surface area contributed by atoms with Gasteiger partial charge in [0.05, 0.1) is 5.71 Å². The van der Waals surface area contributed by atoms with Crippen LogP contribution in [0, 0.1) is 0 Å². The van der Waals surface area contributed by atoms with Gasteiger partial charge in [-0.05, 0) is 12.1 Å². The monoisotopic (exact) mass is 325 g/mol. The normalized spacial score (nSPS) is 20.3. The molecule has 3 aromatic rings. The number of amides is 1. The fourth-order valence-electron chi connectivity index (χ4n) is 3.54. The predicted molar refractivity (Wildman–Crippen MR) is 98.9 cm³/mol. The molecule has 0 aliphatic carbocycles. The minimum absolute atomic E-state index is 0.156. The highest BCUT2D eigenvalue weighted by molar-refractivity contribution is 6.20. The molecule has 0 bridgehead atoms. The molecular weight excluding hydrogens is 310 g/mol. The second kappa shape index (κ2) is 5.05. The van der Waals surface area contributed by atoms with Crippen LogP contribution < -0.4 is 10.6 Å². The van der Waals surface area contributed by atoms with Gasteiger partial charge in [-0.2, -0.15) is 0 Å². The molecule has 2 aliphatic heterocycles. The van der Waals surface area contributed by atoms with Crippen molar-refractivity contribution in [1.29, 1.82) is 0 Å². The average molecular weight is 325 g/mol. The van der Waals surface area contributed by atoms with Crippen LogP contribution in [-0.4, -0.2) is 11.6 Å². The fourth-order valence-corrected chi connectivity index (χ4v) is 3.54. The van der Waals surface area contributed by atoms with Gasteiger partial charge >= 0.3 is 0 Å². The lowest BCUT2D eigenvalue weighted by molar-refractivity contribution is -0.119. The second-order valence-corrected chi connectivity index (χ2v) is 6.21. The van der Waals surface area contributed by atoms with Crippen molar-refractivity contribution >= 4 is 23.0 Å². The number of aliphatic imine (C=N–C) groups is 1. The number of carbonyl (C=O) groups is 1. The van der Waals surface area contributed by atoms with Crippen molar-refractivity contribution in [2.75, 3.05) is 10.6 Å². The molecular formula is C21H15N3O. The van der Waals surface area contributed by atoms with E-state index in [1.807, 2.05) is 78.9 Å². The molecule has 2 heterocycles. The molecule has 3 aromatic carbocycles. The van der Waals surface area contributed by atoms with E-state index in [4.69, 9.17) is 4.99 Å². The van der Waals surface area contributed by atoms with Gasteiger partial charge in [0.1, 0.15) is 0 Å². The second-order valence-electron chi connectivity index (χ2n) is 6.21. The van der Waals surface area contributed by atoms with Crippen LogP contribution in [0.2, 0.25) is 0 Å². The molecule has 4 heteroatoms. The summed E-state index contributed by atoms with van der Waals surface area (Å²) in [6.07, 6.45) is 0. The van der Waals surface area contributed by atoms with Crippen LogP contribution in [0.3, 0.4) is 0 Å². The highest BCUT2D eigenvalue weighted by Gasteiger charge is 2.49. The number of nitrogens with zero attached hydrogens (tertiary/aromatic N) is 1. The van der Waals surface area contributed by atoms with E-state index < -0.39 is 5.66 Å². The van der Waals surface area contributed by atoms with Crippen molar-refractivity contribution in [3.63, 3.8) is 0 Å². The highest BCUT2D eigenvalue weighted by atomic mass is 16.2. The molecule has 1 unspecified atom stereocenters. The van der Waals surface area contributed by atoms with Crippen LogP contribution in [0.4, 0.5) is 11.4 Å². The van der Waals surface area contributed by atoms with Crippen molar-refractivity contribution in [2.45, 2.75) is 5.66 Å². The molecule has 0 aromatic heterocycles. The summed E-state index contributed by atoms with van der Waals surface area (Å²) in [5, 5.41) is 6.33. The van der Waals surface area contributed by atoms with Gasteiger partial charge < -0.3 is 10.6 Å². The maximum Gasteiger partial charge on any atom is 0.277 e. The number of rotatable bonds is 1. The molecule has 1 atom stereocenters. The molecule has 0 saturated carbocycles. The lowest BCUT2D eigenvalue weighted by Gasteiger charge is -2.32. The summed E-state index contributed by atoms with van der Waals surface area (Å²) in [7, 11) is 0. The van der Waals surface area contributed by atoms with E-state index in [2.05, 4.69) is 10.6 Å². The zero-order valence-corrected chi connectivity index (χ0v) is 13.4. The van der Waals surface area contributed by atoms with Gasteiger partial charge in [0.25, 0.3) is 5.91 Å². The summed E-state index contributed by atoms with van der Waals surface area (Å²) in [5.74, 6) is -0.156. The Hall–Kier alpha value is -3.40. The molecule has 2 N–H and O–H groups in total. The number of para-hydroxylation sites is 2. The SMILES string of the molecule is O=C1Nc2ccccc2C12N=C(c1ccccc1)c1ccccc1N2. The van der Waals surface area contributed by atoms with Crippen molar-refractivity contribution in [1.82, 2.24) is 0 Å². The molecule has 0 radical (unpaired) electrons. The Bertz CT molecular complexity index is 1030. The Morgan fingerprint density at radius 1 is 0.760 bits per heavy atom. The maximum absolute atomic E-state index is 12.9. The average Bonchev–Trinajstić information content (AvgIpc) is 2.93. The highest BCUT2D eigenvalue weighted by Crippen LogP contribution is 2.43. The van der Waals surface area contributed by atoms with Crippen molar-refractivity contribution in [2.24, 2.45) is 4.99 Å². The Morgan fingerprint density at radius 2 is 1.44 bits per heavy atom. The fraction of sp³-hybridized carbons (Fsp3) is 0.0476. The van der Waals surface area contributed by atoms with E-state index in [1.165, 1.54) is 0 Å². The standard InChI is InChI=1S/C21H15N3O/c25-20-21(16-11-5-7-13-18(16)22-20)23-17-12-6-4-10-15(17)19(24-21)14-8-2-1-3-9-14/h1-13,23H,(H,22,25). The zero-order chi connectivity index (χ0) is 16.9. The number of hydrogen-bond donors (Lipinski definition) is 2. The molecule has 25 heavy (non-hydrogen) atoms. The number of benzene rings is 3.